The summed E-state index contributed by atoms with van der Waals surface area (Å²) >= 11 is 0. The molecule has 1 spiro atoms. The van der Waals surface area contributed by atoms with Crippen LogP contribution in [-0.2, 0) is 22.6 Å². The van der Waals surface area contributed by atoms with Gasteiger partial charge in [0.25, 0.3) is 5.91 Å². The molecular weight excluding hydrogens is 430 g/mol. The molecule has 0 saturated carbocycles. The number of hydrogen-bond donors (Lipinski definition) is 0. The first kappa shape index (κ1) is 22.9. The zero-order valence-corrected chi connectivity index (χ0v) is 19.7. The zero-order valence-electron chi connectivity index (χ0n) is 19.7. The van der Waals surface area contributed by atoms with Crippen molar-refractivity contribution in [1.29, 1.82) is 0 Å². The Kier molecular flexibility index (Phi) is 6.83. The highest BCUT2D eigenvalue weighted by molar-refractivity contribution is 5.95. The van der Waals surface area contributed by atoms with Gasteiger partial charge in [0.15, 0.2) is 0 Å². The molecule has 7 heteroatoms. The molecule has 34 heavy (non-hydrogen) atoms. The lowest BCUT2D eigenvalue weighted by molar-refractivity contribution is 0.0339. The maximum absolute atomic E-state index is 13.6. The SMILES string of the molecule is O=C1O[C@]2(CCCN(C(=O)c3ccccc3CN3CCOCC3)CC2)CN1Cc1ccccc1. The van der Waals surface area contributed by atoms with E-state index in [1.807, 2.05) is 53.4 Å². The number of likely N-dealkylation sites (tertiary alicyclic amines) is 1. The second-order valence-electron chi connectivity index (χ2n) is 9.58. The minimum absolute atomic E-state index is 0.0753. The van der Waals surface area contributed by atoms with Crippen LogP contribution in [0.25, 0.3) is 0 Å². The van der Waals surface area contributed by atoms with Crippen LogP contribution in [-0.4, -0.2) is 78.2 Å². The molecule has 0 aliphatic carbocycles. The van der Waals surface area contributed by atoms with Gasteiger partial charge in [-0.2, -0.15) is 0 Å². The molecule has 0 aromatic heterocycles. The monoisotopic (exact) mass is 463 g/mol. The maximum Gasteiger partial charge on any atom is 0.410 e. The molecule has 5 rings (SSSR count). The van der Waals surface area contributed by atoms with E-state index in [9.17, 15) is 9.59 Å². The van der Waals surface area contributed by atoms with Gasteiger partial charge >= 0.3 is 6.09 Å². The summed E-state index contributed by atoms with van der Waals surface area (Å²) in [4.78, 5) is 32.3. The minimum atomic E-state index is -0.506. The molecule has 3 aliphatic heterocycles. The van der Waals surface area contributed by atoms with Gasteiger partial charge in [0.1, 0.15) is 5.60 Å². The zero-order chi connectivity index (χ0) is 23.4. The Bertz CT molecular complexity index is 1010. The van der Waals surface area contributed by atoms with Gasteiger partial charge in [-0.05, 0) is 30.0 Å². The molecular formula is C27H33N3O4. The van der Waals surface area contributed by atoms with Crippen LogP contribution in [0.3, 0.4) is 0 Å². The topological polar surface area (TPSA) is 62.3 Å². The van der Waals surface area contributed by atoms with Crippen molar-refractivity contribution in [3.05, 3.63) is 71.3 Å². The van der Waals surface area contributed by atoms with E-state index in [2.05, 4.69) is 11.0 Å². The summed E-state index contributed by atoms with van der Waals surface area (Å²) in [6.07, 6.45) is 2.02. The number of benzene rings is 2. The van der Waals surface area contributed by atoms with Gasteiger partial charge in [0.05, 0.1) is 19.8 Å². The van der Waals surface area contributed by atoms with Gasteiger partial charge in [-0.3, -0.25) is 14.6 Å². The number of rotatable bonds is 5. The van der Waals surface area contributed by atoms with E-state index >= 15 is 0 Å². The highest BCUT2D eigenvalue weighted by Gasteiger charge is 2.46. The lowest BCUT2D eigenvalue weighted by atomic mass is 9.95. The van der Waals surface area contributed by atoms with Crippen LogP contribution >= 0.6 is 0 Å². The maximum atomic E-state index is 13.6. The number of carbonyl (C=O) groups excluding carboxylic acids is 2. The largest absolute Gasteiger partial charge is 0.441 e. The number of morpholine rings is 1. The lowest BCUT2D eigenvalue weighted by Gasteiger charge is -2.28. The Morgan fingerprint density at radius 1 is 0.882 bits per heavy atom. The first-order chi connectivity index (χ1) is 16.6. The Morgan fingerprint density at radius 3 is 2.47 bits per heavy atom. The standard InChI is InChI=1S/C27H33N3O4/c31-25(24-10-5-4-9-23(24)20-28-15-17-33-18-16-28)29-13-6-11-27(12-14-29)21-30(26(32)34-27)19-22-7-2-1-3-8-22/h1-5,7-10H,6,11-21H2/t27-/m0/s1. The molecule has 3 saturated heterocycles. The molecule has 0 unspecified atom stereocenters. The summed E-state index contributed by atoms with van der Waals surface area (Å²) < 4.78 is 11.4. The van der Waals surface area contributed by atoms with Crippen molar-refractivity contribution >= 4 is 12.0 Å². The smallest absolute Gasteiger partial charge is 0.410 e. The molecule has 180 valence electrons. The molecule has 2 aromatic carbocycles. The summed E-state index contributed by atoms with van der Waals surface area (Å²) in [5, 5.41) is 0. The molecule has 3 fully saturated rings. The fourth-order valence-electron chi connectivity index (χ4n) is 5.29. The lowest BCUT2D eigenvalue weighted by Crippen LogP contribution is -2.38. The Morgan fingerprint density at radius 2 is 1.65 bits per heavy atom. The van der Waals surface area contributed by atoms with Crippen LogP contribution in [0.2, 0.25) is 0 Å². The van der Waals surface area contributed by atoms with Crippen molar-refractivity contribution < 1.29 is 19.1 Å². The highest BCUT2D eigenvalue weighted by Crippen LogP contribution is 2.34. The first-order valence-electron chi connectivity index (χ1n) is 12.3. The average molecular weight is 464 g/mol. The number of ether oxygens (including phenoxy) is 2. The predicted molar refractivity (Wildman–Crippen MR) is 128 cm³/mol. The predicted octanol–water partition coefficient (Wildman–Crippen LogP) is 3.54. The Balaban J connectivity index is 1.24. The van der Waals surface area contributed by atoms with E-state index in [0.717, 1.165) is 62.4 Å². The molecule has 7 nitrogen and oxygen atoms in total. The van der Waals surface area contributed by atoms with Crippen LogP contribution < -0.4 is 0 Å². The van der Waals surface area contributed by atoms with Crippen LogP contribution in [0.15, 0.2) is 54.6 Å². The van der Waals surface area contributed by atoms with Crippen LogP contribution in [0.5, 0.6) is 0 Å². The average Bonchev–Trinajstić information content (AvgIpc) is 3.03. The fourth-order valence-corrected chi connectivity index (χ4v) is 5.29. The Labute approximate surface area is 201 Å². The normalized spacial score (nSPS) is 23.7. The number of nitrogens with zero attached hydrogens (tertiary/aromatic N) is 3. The van der Waals surface area contributed by atoms with E-state index in [4.69, 9.17) is 9.47 Å². The summed E-state index contributed by atoms with van der Waals surface area (Å²) in [7, 11) is 0. The van der Waals surface area contributed by atoms with Crippen LogP contribution in [0.4, 0.5) is 4.79 Å². The molecule has 2 amide bonds. The Hall–Kier alpha value is -2.90. The molecule has 0 N–H and O–H groups in total. The van der Waals surface area contributed by atoms with E-state index < -0.39 is 5.60 Å². The van der Waals surface area contributed by atoms with Gasteiger partial charge in [-0.25, -0.2) is 4.79 Å². The van der Waals surface area contributed by atoms with Crippen molar-refractivity contribution in [2.75, 3.05) is 45.9 Å². The van der Waals surface area contributed by atoms with Gasteiger partial charge in [0.2, 0.25) is 0 Å². The van der Waals surface area contributed by atoms with Gasteiger partial charge in [0, 0.05) is 51.3 Å². The van der Waals surface area contributed by atoms with E-state index in [-0.39, 0.29) is 12.0 Å². The molecule has 0 radical (unpaired) electrons. The van der Waals surface area contributed by atoms with Crippen molar-refractivity contribution in [3.63, 3.8) is 0 Å². The van der Waals surface area contributed by atoms with E-state index in [0.29, 0.717) is 32.6 Å². The third kappa shape index (κ3) is 5.10. The molecule has 2 aromatic rings. The quantitative estimate of drug-likeness (QED) is 0.679. The molecule has 3 heterocycles. The van der Waals surface area contributed by atoms with E-state index in [1.54, 1.807) is 4.90 Å². The first-order valence-corrected chi connectivity index (χ1v) is 12.3. The second-order valence-corrected chi connectivity index (χ2v) is 9.58. The van der Waals surface area contributed by atoms with Crippen molar-refractivity contribution in [1.82, 2.24) is 14.7 Å². The summed E-state index contributed by atoms with van der Waals surface area (Å²) in [6, 6.07) is 17.9. The molecule has 1 atom stereocenters. The van der Waals surface area contributed by atoms with Gasteiger partial charge in [-0.1, -0.05) is 48.5 Å². The molecule has 3 aliphatic rings. The third-order valence-electron chi connectivity index (χ3n) is 7.19. The van der Waals surface area contributed by atoms with Crippen LogP contribution in [0, 0.1) is 0 Å². The minimum Gasteiger partial charge on any atom is -0.441 e. The third-order valence-corrected chi connectivity index (χ3v) is 7.19. The van der Waals surface area contributed by atoms with Crippen molar-refractivity contribution in [2.24, 2.45) is 0 Å². The summed E-state index contributed by atoms with van der Waals surface area (Å²) in [5.74, 6) is 0.0753. The molecule has 0 bridgehead atoms. The van der Waals surface area contributed by atoms with E-state index in [1.165, 1.54) is 0 Å². The summed E-state index contributed by atoms with van der Waals surface area (Å²) in [6.45, 7) is 6.43. The number of carbonyl (C=O) groups is 2. The van der Waals surface area contributed by atoms with Crippen LogP contribution in [0.1, 0.15) is 40.7 Å². The highest BCUT2D eigenvalue weighted by atomic mass is 16.6. The van der Waals surface area contributed by atoms with Gasteiger partial charge in [-0.15, -0.1) is 0 Å². The summed E-state index contributed by atoms with van der Waals surface area (Å²) in [5.41, 5.74) is 2.43. The van der Waals surface area contributed by atoms with Gasteiger partial charge < -0.3 is 14.4 Å². The van der Waals surface area contributed by atoms with Crippen molar-refractivity contribution in [2.45, 2.75) is 38.0 Å². The fraction of sp³-hybridized carbons (Fsp3) is 0.481. The van der Waals surface area contributed by atoms with Crippen molar-refractivity contribution in [3.8, 4) is 0 Å². The second kappa shape index (κ2) is 10.2. The number of hydrogen-bond acceptors (Lipinski definition) is 5. The number of amides is 2.